The van der Waals surface area contributed by atoms with Gasteiger partial charge in [0.2, 0.25) is 5.91 Å². The summed E-state index contributed by atoms with van der Waals surface area (Å²) in [6.07, 6.45) is 3.03. The number of benzene rings is 1. The summed E-state index contributed by atoms with van der Waals surface area (Å²) < 4.78 is 0. The molecule has 0 atom stereocenters. The summed E-state index contributed by atoms with van der Waals surface area (Å²) in [6, 6.07) is 7.94. The van der Waals surface area contributed by atoms with Gasteiger partial charge in [0.05, 0.1) is 9.92 Å². The summed E-state index contributed by atoms with van der Waals surface area (Å²) in [6.45, 7) is 4.00. The van der Waals surface area contributed by atoms with Gasteiger partial charge in [-0.15, -0.1) is 11.3 Å². The van der Waals surface area contributed by atoms with Crippen molar-refractivity contribution in [2.75, 3.05) is 5.32 Å². The van der Waals surface area contributed by atoms with Gasteiger partial charge in [0.25, 0.3) is 5.69 Å². The number of hydrogen-bond acceptors (Lipinski definition) is 4. The van der Waals surface area contributed by atoms with E-state index in [4.69, 9.17) is 0 Å². The van der Waals surface area contributed by atoms with Gasteiger partial charge >= 0.3 is 0 Å². The Morgan fingerprint density at radius 1 is 1.29 bits per heavy atom. The maximum Gasteiger partial charge on any atom is 0.269 e. The standard InChI is InChI=1S/C15H14N2O3S/c1-10-9-15(21-11(10)2)16-14(18)8-5-12-3-6-13(7-4-12)17(19)20/h3-9H,1-2H3,(H,16,18)/b8-5+. The molecule has 0 saturated heterocycles. The number of nitro benzene ring substituents is 1. The first-order valence-corrected chi connectivity index (χ1v) is 7.08. The summed E-state index contributed by atoms with van der Waals surface area (Å²) in [5, 5.41) is 14.1. The average Bonchev–Trinajstić information content (AvgIpc) is 2.75. The van der Waals surface area contributed by atoms with Gasteiger partial charge in [-0.1, -0.05) is 0 Å². The lowest BCUT2D eigenvalue weighted by Crippen LogP contribution is -2.06. The molecule has 1 heterocycles. The van der Waals surface area contributed by atoms with Crippen LogP contribution in [0.15, 0.2) is 36.4 Å². The number of non-ortho nitro benzene ring substituents is 1. The number of carbonyl (C=O) groups excluding carboxylic acids is 1. The molecular weight excluding hydrogens is 288 g/mol. The highest BCUT2D eigenvalue weighted by atomic mass is 32.1. The van der Waals surface area contributed by atoms with Crippen molar-refractivity contribution >= 4 is 34.0 Å². The quantitative estimate of drug-likeness (QED) is 0.528. The molecule has 0 aliphatic heterocycles. The van der Waals surface area contributed by atoms with Crippen LogP contribution in [0.25, 0.3) is 6.08 Å². The molecule has 6 heteroatoms. The van der Waals surface area contributed by atoms with Crippen molar-refractivity contribution in [3.05, 3.63) is 62.5 Å². The molecule has 0 fully saturated rings. The Balaban J connectivity index is 2.00. The lowest BCUT2D eigenvalue weighted by Gasteiger charge is -1.97. The first-order chi connectivity index (χ1) is 9.95. The summed E-state index contributed by atoms with van der Waals surface area (Å²) in [4.78, 5) is 23.0. The first-order valence-electron chi connectivity index (χ1n) is 6.26. The van der Waals surface area contributed by atoms with Crippen molar-refractivity contribution < 1.29 is 9.72 Å². The molecule has 0 bridgehead atoms. The zero-order valence-electron chi connectivity index (χ0n) is 11.6. The van der Waals surface area contributed by atoms with Crippen LogP contribution < -0.4 is 5.32 Å². The highest BCUT2D eigenvalue weighted by molar-refractivity contribution is 7.16. The van der Waals surface area contributed by atoms with E-state index in [-0.39, 0.29) is 11.6 Å². The Bertz CT molecular complexity index is 683. The minimum Gasteiger partial charge on any atom is -0.314 e. The van der Waals surface area contributed by atoms with E-state index in [2.05, 4.69) is 5.32 Å². The number of nitro groups is 1. The number of nitrogens with one attached hydrogen (secondary N) is 1. The average molecular weight is 302 g/mol. The lowest BCUT2D eigenvalue weighted by molar-refractivity contribution is -0.384. The number of anilines is 1. The number of hydrogen-bond donors (Lipinski definition) is 1. The molecule has 1 aromatic heterocycles. The van der Waals surface area contributed by atoms with Crippen molar-refractivity contribution in [2.45, 2.75) is 13.8 Å². The van der Waals surface area contributed by atoms with Gasteiger partial charge in [0.1, 0.15) is 0 Å². The zero-order valence-corrected chi connectivity index (χ0v) is 12.4. The highest BCUT2D eigenvalue weighted by Crippen LogP contribution is 2.25. The smallest absolute Gasteiger partial charge is 0.269 e. The SMILES string of the molecule is Cc1cc(NC(=O)/C=C/c2ccc([N+](=O)[O-])cc2)sc1C. The van der Waals surface area contributed by atoms with Gasteiger partial charge in [-0.3, -0.25) is 14.9 Å². The van der Waals surface area contributed by atoms with Crippen LogP contribution in [0.5, 0.6) is 0 Å². The summed E-state index contributed by atoms with van der Waals surface area (Å²) in [5.74, 6) is -0.227. The molecule has 1 N–H and O–H groups in total. The van der Waals surface area contributed by atoms with Crippen LogP contribution >= 0.6 is 11.3 Å². The molecule has 108 valence electrons. The third-order valence-corrected chi connectivity index (χ3v) is 4.01. The predicted molar refractivity (Wildman–Crippen MR) is 84.6 cm³/mol. The van der Waals surface area contributed by atoms with Gasteiger partial charge in [0.15, 0.2) is 0 Å². The van der Waals surface area contributed by atoms with Crippen molar-refractivity contribution in [3.63, 3.8) is 0 Å². The largest absolute Gasteiger partial charge is 0.314 e. The van der Waals surface area contributed by atoms with Crippen LogP contribution in [0.3, 0.4) is 0 Å². The molecule has 21 heavy (non-hydrogen) atoms. The van der Waals surface area contributed by atoms with Crippen LogP contribution in [0.4, 0.5) is 10.7 Å². The van der Waals surface area contributed by atoms with Gasteiger partial charge < -0.3 is 5.32 Å². The van der Waals surface area contributed by atoms with Gasteiger partial charge in [0, 0.05) is 23.1 Å². The molecule has 0 radical (unpaired) electrons. The van der Waals surface area contributed by atoms with E-state index in [1.165, 1.54) is 34.4 Å². The first kappa shape index (κ1) is 14.9. The lowest BCUT2D eigenvalue weighted by atomic mass is 10.2. The minimum absolute atomic E-state index is 0.0288. The van der Waals surface area contributed by atoms with E-state index in [0.29, 0.717) is 0 Å². The molecule has 0 aliphatic rings. The normalized spacial score (nSPS) is 10.8. The number of amides is 1. The summed E-state index contributed by atoms with van der Waals surface area (Å²) in [5.41, 5.74) is 1.91. The van der Waals surface area contributed by atoms with Crippen LogP contribution in [-0.4, -0.2) is 10.8 Å². The maximum absolute atomic E-state index is 11.8. The molecule has 2 aromatic rings. The summed E-state index contributed by atoms with van der Waals surface area (Å²) >= 11 is 1.53. The monoisotopic (exact) mass is 302 g/mol. The Morgan fingerprint density at radius 2 is 1.95 bits per heavy atom. The second-order valence-electron chi connectivity index (χ2n) is 4.52. The van der Waals surface area contributed by atoms with Crippen LogP contribution in [0.1, 0.15) is 16.0 Å². The van der Waals surface area contributed by atoms with Crippen LogP contribution in [-0.2, 0) is 4.79 Å². The van der Waals surface area contributed by atoms with Gasteiger partial charge in [-0.25, -0.2) is 0 Å². The van der Waals surface area contributed by atoms with Crippen molar-refractivity contribution in [3.8, 4) is 0 Å². The van der Waals surface area contributed by atoms with Gasteiger partial charge in [-0.05, 0) is 49.2 Å². The van der Waals surface area contributed by atoms with Crippen molar-refractivity contribution in [2.24, 2.45) is 0 Å². The minimum atomic E-state index is -0.457. The second-order valence-corrected chi connectivity index (χ2v) is 5.78. The molecule has 1 amide bonds. The second kappa shape index (κ2) is 6.32. The molecule has 0 saturated carbocycles. The van der Waals surface area contributed by atoms with Crippen LogP contribution in [0.2, 0.25) is 0 Å². The fourth-order valence-electron chi connectivity index (χ4n) is 1.68. The number of rotatable bonds is 4. The number of carbonyl (C=O) groups is 1. The molecule has 5 nitrogen and oxygen atoms in total. The Hall–Kier alpha value is -2.47. The zero-order chi connectivity index (χ0) is 15.4. The highest BCUT2D eigenvalue weighted by Gasteiger charge is 2.05. The fraction of sp³-hybridized carbons (Fsp3) is 0.133. The van der Waals surface area contributed by atoms with Crippen molar-refractivity contribution in [1.29, 1.82) is 0 Å². The van der Waals surface area contributed by atoms with E-state index >= 15 is 0 Å². The molecule has 0 unspecified atom stereocenters. The van der Waals surface area contributed by atoms with E-state index in [1.807, 2.05) is 19.9 Å². The third kappa shape index (κ3) is 4.00. The fourth-order valence-corrected chi connectivity index (χ4v) is 2.61. The Morgan fingerprint density at radius 3 is 2.48 bits per heavy atom. The number of nitrogens with zero attached hydrogens (tertiary/aromatic N) is 1. The van der Waals surface area contributed by atoms with Gasteiger partial charge in [-0.2, -0.15) is 0 Å². The van der Waals surface area contributed by atoms with E-state index in [1.54, 1.807) is 18.2 Å². The predicted octanol–water partition coefficient (Wildman–Crippen LogP) is 3.93. The van der Waals surface area contributed by atoms with E-state index < -0.39 is 4.92 Å². The Labute approximate surface area is 126 Å². The molecular formula is C15H14N2O3S. The molecule has 0 aliphatic carbocycles. The topological polar surface area (TPSA) is 72.2 Å². The van der Waals surface area contributed by atoms with Crippen molar-refractivity contribution in [1.82, 2.24) is 0 Å². The maximum atomic E-state index is 11.8. The molecule has 1 aromatic carbocycles. The Kier molecular flexibility index (Phi) is 4.49. The van der Waals surface area contributed by atoms with Crippen LogP contribution in [0, 0.1) is 24.0 Å². The van der Waals surface area contributed by atoms with E-state index in [9.17, 15) is 14.9 Å². The number of thiophene rings is 1. The third-order valence-electron chi connectivity index (χ3n) is 2.94. The summed E-state index contributed by atoms with van der Waals surface area (Å²) in [7, 11) is 0. The number of aryl methyl sites for hydroxylation is 2. The van der Waals surface area contributed by atoms with E-state index in [0.717, 1.165) is 16.1 Å². The molecule has 2 rings (SSSR count). The molecule has 0 spiro atoms.